The van der Waals surface area contributed by atoms with Crippen molar-refractivity contribution in [2.75, 3.05) is 5.32 Å². The molecule has 1 N–H and O–H groups in total. The van der Waals surface area contributed by atoms with Crippen LogP contribution in [0, 0.1) is 13.8 Å². The zero-order chi connectivity index (χ0) is 9.14. The van der Waals surface area contributed by atoms with Crippen molar-refractivity contribution in [3.8, 4) is 0 Å². The summed E-state index contributed by atoms with van der Waals surface area (Å²) in [6, 6.07) is 6.99. The highest BCUT2D eigenvalue weighted by Crippen LogP contribution is 2.16. The Labute approximate surface area is 74.8 Å². The highest BCUT2D eigenvalue weighted by Gasteiger charge is 1.98. The number of nitrogens with one attached hydrogen (secondary N) is 1. The Bertz CT molecular complexity index is 264. The predicted octanol–water partition coefficient (Wildman–Crippen LogP) is 3.12. The minimum absolute atomic E-state index is 0.505. The van der Waals surface area contributed by atoms with Crippen LogP contribution in [0.15, 0.2) is 18.2 Å². The lowest BCUT2D eigenvalue weighted by atomic mass is 10.1. The summed E-state index contributed by atoms with van der Waals surface area (Å²) in [6.45, 7) is 8.55. The van der Waals surface area contributed by atoms with Crippen LogP contribution in [0.1, 0.15) is 25.0 Å². The molecule has 0 fully saturated rings. The summed E-state index contributed by atoms with van der Waals surface area (Å²) in [5.41, 5.74) is 3.88. The van der Waals surface area contributed by atoms with Crippen LogP contribution in [0.4, 0.5) is 5.69 Å². The molecule has 1 nitrogen and oxygen atoms in total. The van der Waals surface area contributed by atoms with E-state index in [4.69, 9.17) is 0 Å². The van der Waals surface area contributed by atoms with Crippen molar-refractivity contribution < 1.29 is 0 Å². The van der Waals surface area contributed by atoms with Crippen LogP contribution in [-0.4, -0.2) is 6.04 Å². The molecule has 0 bridgehead atoms. The molecule has 0 atom stereocenters. The molecule has 0 aliphatic heterocycles. The molecule has 0 saturated carbocycles. The lowest BCUT2D eigenvalue weighted by molar-refractivity contribution is 0.897. The fourth-order valence-corrected chi connectivity index (χ4v) is 1.20. The highest BCUT2D eigenvalue weighted by molar-refractivity contribution is 5.52. The average molecular weight is 163 g/mol. The fourth-order valence-electron chi connectivity index (χ4n) is 1.20. The van der Waals surface area contributed by atoms with E-state index in [-0.39, 0.29) is 0 Å². The van der Waals surface area contributed by atoms with Gasteiger partial charge in [-0.3, -0.25) is 0 Å². The van der Waals surface area contributed by atoms with E-state index in [2.05, 4.69) is 51.2 Å². The third-order valence-corrected chi connectivity index (χ3v) is 1.84. The van der Waals surface area contributed by atoms with Gasteiger partial charge in [-0.25, -0.2) is 0 Å². The summed E-state index contributed by atoms with van der Waals surface area (Å²) in [5, 5.41) is 3.41. The van der Waals surface area contributed by atoms with Gasteiger partial charge < -0.3 is 5.32 Å². The Morgan fingerprint density at radius 1 is 1.17 bits per heavy atom. The van der Waals surface area contributed by atoms with Crippen molar-refractivity contribution in [2.45, 2.75) is 33.7 Å². The Kier molecular flexibility index (Phi) is 2.74. The number of hydrogen-bond donors (Lipinski definition) is 1. The Balaban J connectivity index is 2.90. The molecule has 1 aromatic carbocycles. The standard InChI is InChI=1S/C11H17N/c1-8(2)12-11-7-9(3)5-6-10(11)4/h5-8,12H,1-4H3. The second-order valence-corrected chi connectivity index (χ2v) is 3.62. The fraction of sp³-hybridized carbons (Fsp3) is 0.455. The third kappa shape index (κ3) is 2.26. The summed E-state index contributed by atoms with van der Waals surface area (Å²) in [4.78, 5) is 0. The molecule has 0 spiro atoms. The molecule has 1 rings (SSSR count). The lowest BCUT2D eigenvalue weighted by Crippen LogP contribution is -2.10. The molecule has 0 aliphatic carbocycles. The lowest BCUT2D eigenvalue weighted by Gasteiger charge is -2.13. The van der Waals surface area contributed by atoms with E-state index in [9.17, 15) is 0 Å². The first-order valence-electron chi connectivity index (χ1n) is 4.43. The van der Waals surface area contributed by atoms with Crippen molar-refractivity contribution in [2.24, 2.45) is 0 Å². The van der Waals surface area contributed by atoms with Gasteiger partial charge in [-0.15, -0.1) is 0 Å². The van der Waals surface area contributed by atoms with Gasteiger partial charge >= 0.3 is 0 Å². The van der Waals surface area contributed by atoms with Gasteiger partial charge in [-0.05, 0) is 44.9 Å². The summed E-state index contributed by atoms with van der Waals surface area (Å²) in [6.07, 6.45) is 0. The number of anilines is 1. The molecule has 0 aromatic heterocycles. The van der Waals surface area contributed by atoms with E-state index in [0.717, 1.165) is 0 Å². The topological polar surface area (TPSA) is 12.0 Å². The van der Waals surface area contributed by atoms with Gasteiger partial charge in [0.1, 0.15) is 0 Å². The number of aryl methyl sites for hydroxylation is 2. The summed E-state index contributed by atoms with van der Waals surface area (Å²) >= 11 is 0. The molecule has 12 heavy (non-hydrogen) atoms. The van der Waals surface area contributed by atoms with Crippen molar-refractivity contribution in [3.05, 3.63) is 29.3 Å². The second kappa shape index (κ2) is 3.61. The second-order valence-electron chi connectivity index (χ2n) is 3.62. The largest absolute Gasteiger partial charge is 0.383 e. The smallest absolute Gasteiger partial charge is 0.0374 e. The van der Waals surface area contributed by atoms with Crippen LogP contribution in [0.5, 0.6) is 0 Å². The maximum atomic E-state index is 3.41. The van der Waals surface area contributed by atoms with E-state index >= 15 is 0 Å². The van der Waals surface area contributed by atoms with Crippen LogP contribution in [0.2, 0.25) is 0 Å². The maximum absolute atomic E-state index is 3.41. The minimum atomic E-state index is 0.505. The molecule has 1 aromatic rings. The van der Waals surface area contributed by atoms with Crippen molar-refractivity contribution in [1.29, 1.82) is 0 Å². The van der Waals surface area contributed by atoms with E-state index in [1.54, 1.807) is 0 Å². The van der Waals surface area contributed by atoms with Crippen molar-refractivity contribution in [3.63, 3.8) is 0 Å². The molecule has 0 heterocycles. The number of benzene rings is 1. The first-order chi connectivity index (χ1) is 5.59. The Hall–Kier alpha value is -0.980. The van der Waals surface area contributed by atoms with Crippen molar-refractivity contribution >= 4 is 5.69 Å². The third-order valence-electron chi connectivity index (χ3n) is 1.84. The van der Waals surface area contributed by atoms with Gasteiger partial charge in [-0.1, -0.05) is 12.1 Å². The molecule has 1 heteroatoms. The molecule has 0 unspecified atom stereocenters. The first kappa shape index (κ1) is 9.11. The van der Waals surface area contributed by atoms with Crippen molar-refractivity contribution in [1.82, 2.24) is 0 Å². The molecule has 0 amide bonds. The van der Waals surface area contributed by atoms with Crippen LogP contribution in [0.25, 0.3) is 0 Å². The van der Waals surface area contributed by atoms with E-state index in [1.165, 1.54) is 16.8 Å². The highest BCUT2D eigenvalue weighted by atomic mass is 14.9. The number of rotatable bonds is 2. The molecule has 0 radical (unpaired) electrons. The van der Waals surface area contributed by atoms with Crippen LogP contribution in [-0.2, 0) is 0 Å². The van der Waals surface area contributed by atoms with Gasteiger partial charge in [-0.2, -0.15) is 0 Å². The first-order valence-corrected chi connectivity index (χ1v) is 4.43. The summed E-state index contributed by atoms with van der Waals surface area (Å²) in [7, 11) is 0. The van der Waals surface area contributed by atoms with E-state index < -0.39 is 0 Å². The van der Waals surface area contributed by atoms with E-state index in [1.807, 2.05) is 0 Å². The normalized spacial score (nSPS) is 10.4. The SMILES string of the molecule is Cc1ccc(C)c(NC(C)C)c1. The maximum Gasteiger partial charge on any atom is 0.0374 e. The zero-order valence-electron chi connectivity index (χ0n) is 8.31. The monoisotopic (exact) mass is 163 g/mol. The Morgan fingerprint density at radius 3 is 2.42 bits per heavy atom. The molecular formula is C11H17N. The molecule has 66 valence electrons. The molecular weight excluding hydrogens is 146 g/mol. The average Bonchev–Trinajstić information content (AvgIpc) is 1.96. The minimum Gasteiger partial charge on any atom is -0.383 e. The Morgan fingerprint density at radius 2 is 1.83 bits per heavy atom. The van der Waals surface area contributed by atoms with E-state index in [0.29, 0.717) is 6.04 Å². The number of hydrogen-bond acceptors (Lipinski definition) is 1. The van der Waals surface area contributed by atoms with Gasteiger partial charge in [0, 0.05) is 11.7 Å². The van der Waals surface area contributed by atoms with Gasteiger partial charge in [0.05, 0.1) is 0 Å². The zero-order valence-corrected chi connectivity index (χ0v) is 8.31. The molecule has 0 aliphatic rings. The van der Waals surface area contributed by atoms with Crippen LogP contribution >= 0.6 is 0 Å². The van der Waals surface area contributed by atoms with Gasteiger partial charge in [0.25, 0.3) is 0 Å². The quantitative estimate of drug-likeness (QED) is 0.706. The van der Waals surface area contributed by atoms with Crippen LogP contribution in [0.3, 0.4) is 0 Å². The van der Waals surface area contributed by atoms with Gasteiger partial charge in [0.15, 0.2) is 0 Å². The van der Waals surface area contributed by atoms with Gasteiger partial charge in [0.2, 0.25) is 0 Å². The summed E-state index contributed by atoms with van der Waals surface area (Å²) in [5.74, 6) is 0. The summed E-state index contributed by atoms with van der Waals surface area (Å²) < 4.78 is 0. The van der Waals surface area contributed by atoms with Crippen LogP contribution < -0.4 is 5.32 Å². The molecule has 0 saturated heterocycles. The predicted molar refractivity (Wildman–Crippen MR) is 54.7 cm³/mol.